The van der Waals surface area contributed by atoms with Crippen LogP contribution in [0.2, 0.25) is 0 Å². The smallest absolute Gasteiger partial charge is 0.253 e. The predicted octanol–water partition coefficient (Wildman–Crippen LogP) is 6.72. The van der Waals surface area contributed by atoms with Crippen LogP contribution < -0.4 is 25.2 Å². The van der Waals surface area contributed by atoms with E-state index >= 15 is 0 Å². The fourth-order valence-corrected chi connectivity index (χ4v) is 6.02. The molecule has 7 heteroatoms. The third-order valence-corrected chi connectivity index (χ3v) is 8.38. The average Bonchev–Trinajstić information content (AvgIpc) is 3.12. The molecule has 0 bridgehead atoms. The molecule has 5 aromatic rings. The molecule has 5 aromatic carbocycles. The molecule has 2 amide bonds. The zero-order chi connectivity index (χ0) is 31.7. The van der Waals surface area contributed by atoms with Gasteiger partial charge in [-0.1, -0.05) is 103 Å². The van der Waals surface area contributed by atoms with Crippen molar-refractivity contribution in [3.05, 3.63) is 156 Å². The Morgan fingerprint density at radius 1 is 0.674 bits per heavy atom. The van der Waals surface area contributed by atoms with Crippen molar-refractivity contribution >= 4 is 28.9 Å². The number of anilines is 3. The summed E-state index contributed by atoms with van der Waals surface area (Å²) in [5.74, 6) is -0.00202. The molecular weight excluding hydrogens is 572 g/mol. The van der Waals surface area contributed by atoms with Gasteiger partial charge in [0.2, 0.25) is 5.91 Å². The van der Waals surface area contributed by atoms with E-state index in [1.165, 1.54) is 0 Å². The molecule has 7 nitrogen and oxygen atoms in total. The van der Waals surface area contributed by atoms with Gasteiger partial charge in [-0.2, -0.15) is 0 Å². The second-order valence-electron chi connectivity index (χ2n) is 11.3. The van der Waals surface area contributed by atoms with Gasteiger partial charge in [0.15, 0.2) is 0 Å². The van der Waals surface area contributed by atoms with Crippen molar-refractivity contribution in [3.63, 3.8) is 0 Å². The molecule has 1 saturated heterocycles. The number of ether oxygens (including phenoxy) is 1. The van der Waals surface area contributed by atoms with Crippen molar-refractivity contribution in [2.75, 3.05) is 48.4 Å². The number of carbonyl (C=O) groups excluding carboxylic acids is 2. The summed E-state index contributed by atoms with van der Waals surface area (Å²) in [5.41, 5.74) is 5.81. The van der Waals surface area contributed by atoms with Crippen molar-refractivity contribution in [1.29, 1.82) is 0 Å². The Labute approximate surface area is 270 Å². The first-order valence-electron chi connectivity index (χ1n) is 15.6. The highest BCUT2D eigenvalue weighted by molar-refractivity contribution is 6.03. The van der Waals surface area contributed by atoms with Crippen molar-refractivity contribution in [2.45, 2.75) is 12.5 Å². The molecule has 0 unspecified atom stereocenters. The van der Waals surface area contributed by atoms with Crippen LogP contribution in [0.4, 0.5) is 17.1 Å². The van der Waals surface area contributed by atoms with Gasteiger partial charge in [0.05, 0.1) is 24.3 Å². The number of hydrogen-bond acceptors (Lipinski definition) is 5. The minimum atomic E-state index is -0.500. The predicted molar refractivity (Wildman–Crippen MR) is 185 cm³/mol. The minimum Gasteiger partial charge on any atom is -0.495 e. The van der Waals surface area contributed by atoms with Crippen LogP contribution in [0, 0.1) is 0 Å². The van der Waals surface area contributed by atoms with E-state index < -0.39 is 5.92 Å². The Morgan fingerprint density at radius 2 is 1.22 bits per heavy atom. The van der Waals surface area contributed by atoms with E-state index in [1.807, 2.05) is 121 Å². The van der Waals surface area contributed by atoms with Crippen molar-refractivity contribution in [2.24, 2.45) is 0 Å². The van der Waals surface area contributed by atoms with Gasteiger partial charge >= 0.3 is 0 Å². The van der Waals surface area contributed by atoms with E-state index in [0.717, 1.165) is 60.0 Å². The molecule has 0 radical (unpaired) electrons. The second kappa shape index (κ2) is 14.5. The quantitative estimate of drug-likeness (QED) is 0.184. The monoisotopic (exact) mass is 610 g/mol. The number of piperazine rings is 1. The lowest BCUT2D eigenvalue weighted by Crippen LogP contribution is -2.47. The third kappa shape index (κ3) is 7.05. The number of amides is 2. The summed E-state index contributed by atoms with van der Waals surface area (Å²) >= 11 is 0. The molecule has 1 aliphatic heterocycles. The van der Waals surface area contributed by atoms with Crippen molar-refractivity contribution < 1.29 is 14.3 Å². The molecule has 6 rings (SSSR count). The number of nitrogens with one attached hydrogen (secondary N) is 2. The molecule has 0 atom stereocenters. The second-order valence-corrected chi connectivity index (χ2v) is 11.3. The summed E-state index contributed by atoms with van der Waals surface area (Å²) in [6.45, 7) is 3.42. The van der Waals surface area contributed by atoms with Crippen LogP contribution in [0.5, 0.6) is 5.75 Å². The van der Waals surface area contributed by atoms with E-state index in [4.69, 9.17) is 4.74 Å². The summed E-state index contributed by atoms with van der Waals surface area (Å²) in [4.78, 5) is 32.2. The normalized spacial score (nSPS) is 12.9. The van der Waals surface area contributed by atoms with Crippen LogP contribution >= 0.6 is 0 Å². The van der Waals surface area contributed by atoms with Crippen molar-refractivity contribution in [1.82, 2.24) is 5.32 Å². The maximum atomic E-state index is 13.9. The highest BCUT2D eigenvalue weighted by Gasteiger charge is 2.26. The summed E-state index contributed by atoms with van der Waals surface area (Å²) in [6.07, 6.45) is 0. The van der Waals surface area contributed by atoms with Gasteiger partial charge in [0, 0.05) is 44.1 Å². The maximum Gasteiger partial charge on any atom is 0.253 e. The van der Waals surface area contributed by atoms with Crippen LogP contribution in [0.1, 0.15) is 33.0 Å². The standard InChI is InChI=1S/C39H38N4O3/c1-46-36-20-12-11-19-35(36)43-25-23-42(24-26-43)34-22-21-32(27-33(34)38(44)40-28-29-13-5-2-6-14-29)41-39(45)37(30-15-7-3-8-16-30)31-17-9-4-10-18-31/h2-22,27,37H,23-26,28H2,1H3,(H,40,44)(H,41,45). The zero-order valence-corrected chi connectivity index (χ0v) is 25.9. The van der Waals surface area contributed by atoms with Crippen LogP contribution in [0.15, 0.2) is 133 Å². The van der Waals surface area contributed by atoms with E-state index in [-0.39, 0.29) is 11.8 Å². The lowest BCUT2D eigenvalue weighted by molar-refractivity contribution is -0.116. The summed E-state index contributed by atoms with van der Waals surface area (Å²) in [6, 6.07) is 43.0. The fourth-order valence-electron chi connectivity index (χ4n) is 6.02. The molecule has 1 fully saturated rings. The topological polar surface area (TPSA) is 73.9 Å². The maximum absolute atomic E-state index is 13.9. The van der Waals surface area contributed by atoms with E-state index in [0.29, 0.717) is 17.8 Å². The Bertz CT molecular complexity index is 1720. The first-order chi connectivity index (χ1) is 22.6. The number of benzene rings is 5. The molecule has 46 heavy (non-hydrogen) atoms. The molecular formula is C39H38N4O3. The lowest BCUT2D eigenvalue weighted by atomic mass is 9.90. The van der Waals surface area contributed by atoms with Crippen LogP contribution in [-0.4, -0.2) is 45.1 Å². The molecule has 0 aromatic heterocycles. The highest BCUT2D eigenvalue weighted by atomic mass is 16.5. The summed E-state index contributed by atoms with van der Waals surface area (Å²) in [5, 5.41) is 6.21. The van der Waals surface area contributed by atoms with E-state index in [2.05, 4.69) is 26.5 Å². The molecule has 1 aliphatic rings. The minimum absolute atomic E-state index is 0.161. The van der Waals surface area contributed by atoms with Gasteiger partial charge in [0.1, 0.15) is 5.75 Å². The molecule has 1 heterocycles. The zero-order valence-electron chi connectivity index (χ0n) is 25.9. The number of nitrogens with zero attached hydrogens (tertiary/aromatic N) is 2. The SMILES string of the molecule is COc1ccccc1N1CCN(c2ccc(NC(=O)C(c3ccccc3)c3ccccc3)cc2C(=O)NCc2ccccc2)CC1. The first kappa shape index (κ1) is 30.5. The van der Waals surface area contributed by atoms with E-state index in [1.54, 1.807) is 13.2 Å². The van der Waals surface area contributed by atoms with Crippen molar-refractivity contribution in [3.8, 4) is 5.75 Å². The van der Waals surface area contributed by atoms with Crippen LogP contribution in [0.3, 0.4) is 0 Å². The van der Waals surface area contributed by atoms with Gasteiger partial charge in [-0.05, 0) is 47.0 Å². The average molecular weight is 611 g/mol. The Kier molecular flexibility index (Phi) is 9.59. The molecule has 0 spiro atoms. The first-order valence-corrected chi connectivity index (χ1v) is 15.6. The number of carbonyl (C=O) groups is 2. The highest BCUT2D eigenvalue weighted by Crippen LogP contribution is 2.32. The summed E-state index contributed by atoms with van der Waals surface area (Å²) < 4.78 is 5.60. The molecule has 2 N–H and O–H groups in total. The lowest BCUT2D eigenvalue weighted by Gasteiger charge is -2.38. The fraction of sp³-hybridized carbons (Fsp3) is 0.179. The van der Waals surface area contributed by atoms with Crippen LogP contribution in [0.25, 0.3) is 0 Å². The van der Waals surface area contributed by atoms with Crippen LogP contribution in [-0.2, 0) is 11.3 Å². The van der Waals surface area contributed by atoms with Gasteiger partial charge in [-0.25, -0.2) is 0 Å². The summed E-state index contributed by atoms with van der Waals surface area (Å²) in [7, 11) is 1.69. The number of rotatable bonds is 10. The largest absolute Gasteiger partial charge is 0.495 e. The Morgan fingerprint density at radius 3 is 1.83 bits per heavy atom. The van der Waals surface area contributed by atoms with Gasteiger partial charge in [-0.15, -0.1) is 0 Å². The van der Waals surface area contributed by atoms with Gasteiger partial charge < -0.3 is 25.2 Å². The third-order valence-electron chi connectivity index (χ3n) is 8.38. The number of hydrogen-bond donors (Lipinski definition) is 2. The van der Waals surface area contributed by atoms with Gasteiger partial charge in [0.25, 0.3) is 5.91 Å². The Balaban J connectivity index is 1.26. The number of para-hydroxylation sites is 2. The number of methoxy groups -OCH3 is 1. The van der Waals surface area contributed by atoms with E-state index in [9.17, 15) is 9.59 Å². The Hall–Kier alpha value is -5.56. The molecule has 0 aliphatic carbocycles. The molecule has 232 valence electrons. The van der Waals surface area contributed by atoms with Gasteiger partial charge in [-0.3, -0.25) is 9.59 Å². The molecule has 0 saturated carbocycles.